The maximum atomic E-state index is 12.1. The number of aromatic nitrogens is 1. The summed E-state index contributed by atoms with van der Waals surface area (Å²) >= 11 is 3.93. The number of carboxylic acids is 1. The third-order valence-electron chi connectivity index (χ3n) is 3.05. The summed E-state index contributed by atoms with van der Waals surface area (Å²) in [6.45, 7) is 1.89. The van der Waals surface area contributed by atoms with Gasteiger partial charge in [-0.25, -0.2) is 4.79 Å². The monoisotopic (exact) mass is 287 g/mol. The van der Waals surface area contributed by atoms with Gasteiger partial charge in [-0.1, -0.05) is 11.6 Å². The number of carbonyl (C=O) groups is 1. The lowest BCUT2D eigenvalue weighted by Crippen LogP contribution is -2.10. The highest BCUT2D eigenvalue weighted by Crippen LogP contribution is 2.25. The van der Waals surface area contributed by atoms with Gasteiger partial charge in [-0.3, -0.25) is 9.78 Å². The summed E-state index contributed by atoms with van der Waals surface area (Å²) in [5, 5.41) is 9.91. The summed E-state index contributed by atoms with van der Waals surface area (Å²) in [7, 11) is 0. The topological polar surface area (TPSA) is 80.4 Å². The van der Waals surface area contributed by atoms with Gasteiger partial charge in [0.05, 0.1) is 10.9 Å². The number of fused-ring (bicyclic) bond motifs is 3. The molecular weight excluding hydrogens is 278 g/mol. The van der Waals surface area contributed by atoms with Gasteiger partial charge in [0.2, 0.25) is 11.2 Å². The molecule has 1 N–H and O–H groups in total. The molecule has 2 aromatic heterocycles. The maximum Gasteiger partial charge on any atom is 0.373 e. The van der Waals surface area contributed by atoms with E-state index in [0.29, 0.717) is 10.9 Å². The molecule has 0 aliphatic heterocycles. The van der Waals surface area contributed by atoms with E-state index in [0.717, 1.165) is 5.56 Å². The van der Waals surface area contributed by atoms with Crippen molar-refractivity contribution in [2.24, 2.45) is 0 Å². The van der Waals surface area contributed by atoms with Crippen LogP contribution < -0.4 is 5.43 Å². The molecule has 0 amide bonds. The first-order valence-corrected chi connectivity index (χ1v) is 6.22. The second-order valence-electron chi connectivity index (χ2n) is 4.44. The number of carboxylic acid groups (broad SMARTS) is 1. The van der Waals surface area contributed by atoms with Gasteiger partial charge in [0.15, 0.2) is 0 Å². The van der Waals surface area contributed by atoms with Gasteiger partial charge in [-0.15, -0.1) is 12.6 Å². The predicted molar refractivity (Wildman–Crippen MR) is 76.7 cm³/mol. The van der Waals surface area contributed by atoms with Crippen molar-refractivity contribution in [1.29, 1.82) is 0 Å². The molecule has 0 saturated heterocycles. The number of thiol groups is 1. The lowest BCUT2D eigenvalue weighted by molar-refractivity contribution is 0.0657. The minimum atomic E-state index is -1.33. The van der Waals surface area contributed by atoms with Gasteiger partial charge in [0.1, 0.15) is 10.5 Å². The van der Waals surface area contributed by atoms with Crippen molar-refractivity contribution < 1.29 is 14.3 Å². The number of hydrogen-bond acceptors (Lipinski definition) is 5. The lowest BCUT2D eigenvalue weighted by Gasteiger charge is -2.05. The van der Waals surface area contributed by atoms with E-state index in [9.17, 15) is 9.59 Å². The molecule has 1 aromatic carbocycles. The molecule has 100 valence electrons. The molecule has 0 fully saturated rings. The fraction of sp³-hybridized carbons (Fsp3) is 0.0714. The van der Waals surface area contributed by atoms with Crippen LogP contribution in [0.2, 0.25) is 0 Å². The zero-order valence-corrected chi connectivity index (χ0v) is 11.3. The maximum absolute atomic E-state index is 12.1. The zero-order chi connectivity index (χ0) is 14.4. The first-order chi connectivity index (χ1) is 9.49. The lowest BCUT2D eigenvalue weighted by atomic mass is 10.1. The molecule has 0 spiro atoms. The second-order valence-corrected chi connectivity index (χ2v) is 4.88. The fourth-order valence-electron chi connectivity index (χ4n) is 2.08. The number of hydrogen-bond donors (Lipinski definition) is 2. The van der Waals surface area contributed by atoms with Crippen molar-refractivity contribution in [1.82, 2.24) is 4.98 Å². The molecule has 3 rings (SSSR count). The molecule has 0 saturated carbocycles. The van der Waals surface area contributed by atoms with E-state index in [4.69, 9.17) is 9.52 Å². The molecule has 20 heavy (non-hydrogen) atoms. The minimum absolute atomic E-state index is 0.220. The Morgan fingerprint density at radius 3 is 2.80 bits per heavy atom. The number of benzene rings is 1. The predicted octanol–water partition coefficient (Wildman–Crippen LogP) is 2.64. The van der Waals surface area contributed by atoms with Crippen molar-refractivity contribution in [3.8, 4) is 0 Å². The van der Waals surface area contributed by atoms with Crippen LogP contribution in [-0.2, 0) is 0 Å². The summed E-state index contributed by atoms with van der Waals surface area (Å²) in [6, 6.07) is 5.47. The van der Waals surface area contributed by atoms with E-state index >= 15 is 0 Å². The third kappa shape index (κ3) is 1.77. The molecule has 0 radical (unpaired) electrons. The molecule has 6 heteroatoms. The smallest absolute Gasteiger partial charge is 0.373 e. The van der Waals surface area contributed by atoms with Crippen LogP contribution in [0.1, 0.15) is 16.1 Å². The summed E-state index contributed by atoms with van der Waals surface area (Å²) < 4.78 is 5.39. The fourth-order valence-corrected chi connectivity index (χ4v) is 2.34. The van der Waals surface area contributed by atoms with Crippen LogP contribution in [0.4, 0.5) is 0 Å². The first-order valence-electron chi connectivity index (χ1n) is 5.77. The molecule has 0 atom stereocenters. The van der Waals surface area contributed by atoms with E-state index in [-0.39, 0.29) is 15.9 Å². The van der Waals surface area contributed by atoms with Crippen molar-refractivity contribution in [3.63, 3.8) is 0 Å². The largest absolute Gasteiger partial charge is 0.475 e. The average molecular weight is 287 g/mol. The molecule has 2 heterocycles. The van der Waals surface area contributed by atoms with E-state index < -0.39 is 17.2 Å². The van der Waals surface area contributed by atoms with Crippen LogP contribution in [0.5, 0.6) is 0 Å². The quantitative estimate of drug-likeness (QED) is 0.531. The van der Waals surface area contributed by atoms with E-state index in [1.807, 2.05) is 13.0 Å². The number of aromatic carboxylic acids is 1. The highest BCUT2D eigenvalue weighted by Gasteiger charge is 2.19. The Bertz CT molecular complexity index is 930. The van der Waals surface area contributed by atoms with Crippen molar-refractivity contribution in [2.75, 3.05) is 0 Å². The number of aryl methyl sites for hydroxylation is 1. The van der Waals surface area contributed by atoms with Gasteiger partial charge in [-0.05, 0) is 19.1 Å². The highest BCUT2D eigenvalue weighted by atomic mass is 32.1. The molecule has 0 bridgehead atoms. The number of rotatable bonds is 1. The van der Waals surface area contributed by atoms with Crippen molar-refractivity contribution in [3.05, 3.63) is 45.9 Å². The van der Waals surface area contributed by atoms with Crippen LogP contribution in [0.25, 0.3) is 21.9 Å². The summed E-state index contributed by atoms with van der Waals surface area (Å²) in [5.74, 6) is -1.79. The summed E-state index contributed by atoms with van der Waals surface area (Å²) in [6.07, 6.45) is 1.38. The van der Waals surface area contributed by atoms with Crippen LogP contribution in [0.3, 0.4) is 0 Å². The molecule has 3 aromatic rings. The van der Waals surface area contributed by atoms with Crippen molar-refractivity contribution in [2.45, 2.75) is 11.8 Å². The summed E-state index contributed by atoms with van der Waals surface area (Å²) in [5.41, 5.74) is 1.32. The van der Waals surface area contributed by atoms with E-state index in [2.05, 4.69) is 17.6 Å². The Kier molecular flexibility index (Phi) is 2.76. The molecule has 0 unspecified atom stereocenters. The van der Waals surface area contributed by atoms with Gasteiger partial charge < -0.3 is 9.52 Å². The van der Waals surface area contributed by atoms with E-state index in [1.54, 1.807) is 12.1 Å². The molecular formula is C14H9NO4S. The van der Waals surface area contributed by atoms with Crippen LogP contribution in [0.15, 0.2) is 38.5 Å². The Morgan fingerprint density at radius 1 is 1.35 bits per heavy atom. The number of nitrogens with zero attached hydrogens (tertiary/aromatic N) is 1. The normalized spacial score (nSPS) is 11.1. The SMILES string of the molecule is Cc1ccc2ncc3c(=O)c(S)c(C(=O)O)oc3c2c1. The third-order valence-corrected chi connectivity index (χ3v) is 3.45. The minimum Gasteiger partial charge on any atom is -0.475 e. The van der Waals surface area contributed by atoms with Crippen LogP contribution in [-0.4, -0.2) is 16.1 Å². The average Bonchev–Trinajstić information content (AvgIpc) is 2.41. The van der Waals surface area contributed by atoms with Crippen molar-refractivity contribution >= 4 is 40.5 Å². The van der Waals surface area contributed by atoms with Crippen LogP contribution >= 0.6 is 12.6 Å². The second kappa shape index (κ2) is 4.35. The van der Waals surface area contributed by atoms with Gasteiger partial charge in [-0.2, -0.15) is 0 Å². The Hall–Kier alpha value is -2.34. The zero-order valence-electron chi connectivity index (χ0n) is 10.4. The Balaban J connectivity index is 2.59. The standard InChI is InChI=1S/C14H9NO4S/c1-6-2-3-9-7(4-6)11-8(5-15-9)10(16)13(20)12(19-11)14(17)18/h2-5,20H,1H3,(H,17,18). The Morgan fingerprint density at radius 2 is 2.10 bits per heavy atom. The van der Waals surface area contributed by atoms with Gasteiger partial charge in [0, 0.05) is 11.6 Å². The van der Waals surface area contributed by atoms with Crippen LogP contribution in [0, 0.1) is 6.92 Å². The van der Waals surface area contributed by atoms with E-state index in [1.165, 1.54) is 6.20 Å². The number of pyridine rings is 1. The molecule has 0 aliphatic carbocycles. The molecule has 5 nitrogen and oxygen atoms in total. The highest BCUT2D eigenvalue weighted by molar-refractivity contribution is 7.80. The van der Waals surface area contributed by atoms with Gasteiger partial charge in [0.25, 0.3) is 0 Å². The Labute approximate surface area is 118 Å². The first kappa shape index (κ1) is 12.7. The van der Waals surface area contributed by atoms with Gasteiger partial charge >= 0.3 is 5.97 Å². The molecule has 0 aliphatic rings. The summed E-state index contributed by atoms with van der Waals surface area (Å²) in [4.78, 5) is 27.2.